The number of hydrogen-bond acceptors (Lipinski definition) is 4. The first-order valence-corrected chi connectivity index (χ1v) is 6.28. The number of nitrogens with zero attached hydrogens (tertiary/aromatic N) is 4. The summed E-state index contributed by atoms with van der Waals surface area (Å²) < 4.78 is 2.09. The molecule has 5 heteroatoms. The van der Waals surface area contributed by atoms with Gasteiger partial charge >= 0.3 is 0 Å². The van der Waals surface area contributed by atoms with E-state index in [9.17, 15) is 0 Å². The zero-order chi connectivity index (χ0) is 13.1. The topological polar surface area (TPSA) is 69.6 Å². The van der Waals surface area contributed by atoms with Crippen LogP contribution in [0.5, 0.6) is 0 Å². The second-order valence-electron chi connectivity index (χ2n) is 4.32. The molecule has 3 rings (SSSR count). The van der Waals surface area contributed by atoms with Gasteiger partial charge in [-0.2, -0.15) is 0 Å². The standard InChI is InChI=1S/C14H15N5/c15-7-6-13-18-12-5-3-9-17-14(12)19(13)10-11-4-1-2-8-16-11/h1-5,8-9H,6-7,10,15H2. The van der Waals surface area contributed by atoms with Gasteiger partial charge in [-0.05, 0) is 30.8 Å². The Balaban J connectivity index is 2.07. The van der Waals surface area contributed by atoms with Crippen LogP contribution in [0.15, 0.2) is 42.7 Å². The largest absolute Gasteiger partial charge is 0.330 e. The summed E-state index contributed by atoms with van der Waals surface area (Å²) in [6.45, 7) is 1.25. The monoisotopic (exact) mass is 253 g/mol. The number of rotatable bonds is 4. The Hall–Kier alpha value is -2.27. The number of aromatic nitrogens is 4. The van der Waals surface area contributed by atoms with Crippen LogP contribution < -0.4 is 5.73 Å². The lowest BCUT2D eigenvalue weighted by Crippen LogP contribution is -2.11. The minimum Gasteiger partial charge on any atom is -0.330 e. The molecule has 0 atom stereocenters. The number of pyridine rings is 2. The van der Waals surface area contributed by atoms with Crippen molar-refractivity contribution in [3.8, 4) is 0 Å². The fourth-order valence-electron chi connectivity index (χ4n) is 2.15. The molecule has 0 unspecified atom stereocenters. The molecule has 0 fully saturated rings. The van der Waals surface area contributed by atoms with E-state index in [1.54, 1.807) is 12.4 Å². The first-order chi connectivity index (χ1) is 9.38. The molecular formula is C14H15N5. The summed E-state index contributed by atoms with van der Waals surface area (Å²) in [4.78, 5) is 13.4. The smallest absolute Gasteiger partial charge is 0.160 e. The fraction of sp³-hybridized carbons (Fsp3) is 0.214. The first kappa shape index (κ1) is 11.8. The van der Waals surface area contributed by atoms with Crippen molar-refractivity contribution >= 4 is 11.2 Å². The summed E-state index contributed by atoms with van der Waals surface area (Å²) >= 11 is 0. The third kappa shape index (κ3) is 2.32. The molecular weight excluding hydrogens is 238 g/mol. The van der Waals surface area contributed by atoms with Gasteiger partial charge in [-0.15, -0.1) is 0 Å². The SMILES string of the molecule is NCCc1nc2cccnc2n1Cc1ccccn1. The van der Waals surface area contributed by atoms with Crippen LogP contribution in [0.3, 0.4) is 0 Å². The third-order valence-electron chi connectivity index (χ3n) is 3.00. The number of fused-ring (bicyclic) bond motifs is 1. The van der Waals surface area contributed by atoms with Crippen LogP contribution in [0.4, 0.5) is 0 Å². The number of nitrogens with two attached hydrogens (primary N) is 1. The van der Waals surface area contributed by atoms with Gasteiger partial charge in [-0.1, -0.05) is 6.07 Å². The van der Waals surface area contributed by atoms with Crippen molar-refractivity contribution in [3.63, 3.8) is 0 Å². The highest BCUT2D eigenvalue weighted by atomic mass is 15.1. The zero-order valence-electron chi connectivity index (χ0n) is 10.5. The molecule has 0 spiro atoms. The van der Waals surface area contributed by atoms with Crippen molar-refractivity contribution < 1.29 is 0 Å². The maximum absolute atomic E-state index is 5.66. The van der Waals surface area contributed by atoms with Crippen molar-refractivity contribution in [1.29, 1.82) is 0 Å². The van der Waals surface area contributed by atoms with Crippen LogP contribution in [0.25, 0.3) is 11.2 Å². The molecule has 0 aliphatic carbocycles. The lowest BCUT2D eigenvalue weighted by Gasteiger charge is -2.07. The van der Waals surface area contributed by atoms with E-state index in [1.807, 2.05) is 30.3 Å². The van der Waals surface area contributed by atoms with E-state index < -0.39 is 0 Å². The van der Waals surface area contributed by atoms with E-state index >= 15 is 0 Å². The Morgan fingerprint density at radius 1 is 1.05 bits per heavy atom. The van der Waals surface area contributed by atoms with E-state index in [4.69, 9.17) is 5.73 Å². The number of hydrogen-bond donors (Lipinski definition) is 1. The lowest BCUT2D eigenvalue weighted by atomic mass is 10.3. The molecule has 96 valence electrons. The molecule has 0 aromatic carbocycles. The average Bonchev–Trinajstić information content (AvgIpc) is 2.79. The van der Waals surface area contributed by atoms with Gasteiger partial charge in [-0.3, -0.25) is 4.98 Å². The molecule has 3 aromatic rings. The van der Waals surface area contributed by atoms with Gasteiger partial charge in [0.05, 0.1) is 12.2 Å². The molecule has 0 saturated heterocycles. The lowest BCUT2D eigenvalue weighted by molar-refractivity contribution is 0.715. The zero-order valence-corrected chi connectivity index (χ0v) is 10.5. The molecule has 5 nitrogen and oxygen atoms in total. The van der Waals surface area contributed by atoms with Gasteiger partial charge in [0.2, 0.25) is 0 Å². The Morgan fingerprint density at radius 3 is 2.74 bits per heavy atom. The van der Waals surface area contributed by atoms with Crippen LogP contribution in [0.2, 0.25) is 0 Å². The first-order valence-electron chi connectivity index (χ1n) is 6.28. The predicted molar refractivity (Wildman–Crippen MR) is 73.6 cm³/mol. The highest BCUT2D eigenvalue weighted by Gasteiger charge is 2.11. The molecule has 3 aromatic heterocycles. The van der Waals surface area contributed by atoms with Crippen LogP contribution >= 0.6 is 0 Å². The molecule has 0 amide bonds. The summed E-state index contributed by atoms with van der Waals surface area (Å²) in [6.07, 6.45) is 4.32. The molecule has 0 saturated carbocycles. The van der Waals surface area contributed by atoms with E-state index in [-0.39, 0.29) is 0 Å². The minimum absolute atomic E-state index is 0.575. The molecule has 3 heterocycles. The van der Waals surface area contributed by atoms with Gasteiger partial charge in [0.15, 0.2) is 5.65 Å². The second-order valence-corrected chi connectivity index (χ2v) is 4.32. The van der Waals surface area contributed by atoms with Crippen molar-refractivity contribution in [2.24, 2.45) is 5.73 Å². The Labute approximate surface area is 111 Å². The maximum atomic E-state index is 5.66. The van der Waals surface area contributed by atoms with Crippen LogP contribution in [-0.4, -0.2) is 26.1 Å². The van der Waals surface area contributed by atoms with Gasteiger partial charge < -0.3 is 10.3 Å². The molecule has 2 N–H and O–H groups in total. The van der Waals surface area contributed by atoms with Crippen LogP contribution in [0, 0.1) is 0 Å². The molecule has 0 bridgehead atoms. The normalized spacial score (nSPS) is 11.0. The summed E-state index contributed by atoms with van der Waals surface area (Å²) in [6, 6.07) is 9.76. The maximum Gasteiger partial charge on any atom is 0.160 e. The van der Waals surface area contributed by atoms with Gasteiger partial charge in [0, 0.05) is 18.8 Å². The van der Waals surface area contributed by atoms with E-state index in [2.05, 4.69) is 19.5 Å². The summed E-state index contributed by atoms with van der Waals surface area (Å²) in [5.74, 6) is 0.960. The third-order valence-corrected chi connectivity index (χ3v) is 3.00. The van der Waals surface area contributed by atoms with Crippen molar-refractivity contribution in [3.05, 3.63) is 54.2 Å². The molecule has 19 heavy (non-hydrogen) atoms. The molecule has 0 aliphatic heterocycles. The highest BCUT2D eigenvalue weighted by molar-refractivity contribution is 5.71. The molecule has 0 aliphatic rings. The second kappa shape index (κ2) is 5.16. The summed E-state index contributed by atoms with van der Waals surface area (Å²) in [7, 11) is 0. The summed E-state index contributed by atoms with van der Waals surface area (Å²) in [5.41, 5.74) is 8.44. The van der Waals surface area contributed by atoms with Gasteiger partial charge in [0.1, 0.15) is 11.3 Å². The van der Waals surface area contributed by atoms with E-state index in [1.165, 1.54) is 0 Å². The van der Waals surface area contributed by atoms with Crippen molar-refractivity contribution in [2.75, 3.05) is 6.54 Å². The highest BCUT2D eigenvalue weighted by Crippen LogP contribution is 2.15. The minimum atomic E-state index is 0.575. The quantitative estimate of drug-likeness (QED) is 0.762. The predicted octanol–water partition coefficient (Wildman–Crippen LogP) is 1.38. The van der Waals surface area contributed by atoms with E-state index in [0.717, 1.165) is 29.1 Å². The van der Waals surface area contributed by atoms with Crippen molar-refractivity contribution in [1.82, 2.24) is 19.5 Å². The average molecular weight is 253 g/mol. The number of imidazole rings is 1. The van der Waals surface area contributed by atoms with Crippen LogP contribution in [0.1, 0.15) is 11.5 Å². The van der Waals surface area contributed by atoms with Crippen molar-refractivity contribution in [2.45, 2.75) is 13.0 Å². The Kier molecular flexibility index (Phi) is 3.20. The van der Waals surface area contributed by atoms with Crippen LogP contribution in [-0.2, 0) is 13.0 Å². The molecule has 0 radical (unpaired) electrons. The van der Waals surface area contributed by atoms with Gasteiger partial charge in [-0.25, -0.2) is 9.97 Å². The van der Waals surface area contributed by atoms with Gasteiger partial charge in [0.25, 0.3) is 0 Å². The Bertz CT molecular complexity index is 675. The summed E-state index contributed by atoms with van der Waals surface area (Å²) in [5, 5.41) is 0. The fourth-order valence-corrected chi connectivity index (χ4v) is 2.15. The van der Waals surface area contributed by atoms with E-state index in [0.29, 0.717) is 13.1 Å². The Morgan fingerprint density at radius 2 is 1.95 bits per heavy atom.